The van der Waals surface area contributed by atoms with Gasteiger partial charge in [0.2, 0.25) is 0 Å². The summed E-state index contributed by atoms with van der Waals surface area (Å²) in [5, 5.41) is 3.37. The van der Waals surface area contributed by atoms with Crippen LogP contribution in [0.4, 0.5) is 11.5 Å². The van der Waals surface area contributed by atoms with Gasteiger partial charge in [0.25, 0.3) is 0 Å². The number of anilines is 2. The maximum Gasteiger partial charge on any atom is 0.152 e. The number of hydrogen-bond acceptors (Lipinski definition) is 5. The number of nitrogens with zero attached hydrogens (tertiary/aromatic N) is 3. The molecule has 0 amide bonds. The molecule has 1 aromatic rings. The number of hydrogen-bond donors (Lipinski definition) is 2. The van der Waals surface area contributed by atoms with Crippen molar-refractivity contribution in [2.45, 2.75) is 18.9 Å². The summed E-state index contributed by atoms with van der Waals surface area (Å²) in [6.45, 7) is 2.26. The van der Waals surface area contributed by atoms with E-state index < -0.39 is 0 Å². The monoisotopic (exact) mass is 207 g/mol. The predicted molar refractivity (Wildman–Crippen MR) is 60.6 cm³/mol. The van der Waals surface area contributed by atoms with Crippen molar-refractivity contribution in [2.24, 2.45) is 0 Å². The molecule has 1 fully saturated rings. The first-order chi connectivity index (χ1) is 7.25. The van der Waals surface area contributed by atoms with Gasteiger partial charge in [0.1, 0.15) is 6.33 Å². The Bertz CT molecular complexity index is 319. The molecule has 0 radical (unpaired) electrons. The molecule has 3 N–H and O–H groups in total. The number of aromatic nitrogens is 2. The Morgan fingerprint density at radius 3 is 2.87 bits per heavy atom. The lowest BCUT2D eigenvalue weighted by Crippen LogP contribution is -2.37. The number of piperidine rings is 1. The molecule has 82 valence electrons. The molecule has 1 aromatic heterocycles. The molecule has 0 spiro atoms. The van der Waals surface area contributed by atoms with E-state index in [0.29, 0.717) is 11.7 Å². The second-order valence-corrected chi connectivity index (χ2v) is 4.05. The Labute approximate surface area is 89.7 Å². The van der Waals surface area contributed by atoms with E-state index in [-0.39, 0.29) is 0 Å². The van der Waals surface area contributed by atoms with Gasteiger partial charge >= 0.3 is 0 Å². The maximum absolute atomic E-state index is 5.77. The number of nitrogen functional groups attached to an aromatic ring is 1. The summed E-state index contributed by atoms with van der Waals surface area (Å²) in [5.41, 5.74) is 6.39. The fourth-order valence-electron chi connectivity index (χ4n) is 1.81. The number of nitrogens with one attached hydrogen (secondary N) is 1. The van der Waals surface area contributed by atoms with E-state index in [1.807, 2.05) is 0 Å². The summed E-state index contributed by atoms with van der Waals surface area (Å²) in [5.74, 6) is 0.763. The average Bonchev–Trinajstić information content (AvgIpc) is 2.25. The van der Waals surface area contributed by atoms with Crippen molar-refractivity contribution in [3.63, 3.8) is 0 Å². The normalized spacial score (nSPS) is 19.0. The van der Waals surface area contributed by atoms with Gasteiger partial charge < -0.3 is 16.0 Å². The van der Waals surface area contributed by atoms with Crippen LogP contribution in [0.5, 0.6) is 0 Å². The molecule has 5 heteroatoms. The van der Waals surface area contributed by atoms with Crippen molar-refractivity contribution in [1.29, 1.82) is 0 Å². The SMILES string of the molecule is CN1CCC(Nc2ncncc2N)CC1. The summed E-state index contributed by atoms with van der Waals surface area (Å²) in [6.07, 6.45) is 5.43. The first-order valence-electron chi connectivity index (χ1n) is 5.26. The Morgan fingerprint density at radius 1 is 1.47 bits per heavy atom. The molecule has 1 aliphatic rings. The zero-order chi connectivity index (χ0) is 10.7. The largest absolute Gasteiger partial charge is 0.394 e. The van der Waals surface area contributed by atoms with Crippen molar-refractivity contribution in [1.82, 2.24) is 14.9 Å². The van der Waals surface area contributed by atoms with Crippen LogP contribution in [0.15, 0.2) is 12.5 Å². The Morgan fingerprint density at radius 2 is 2.20 bits per heavy atom. The first-order valence-corrected chi connectivity index (χ1v) is 5.26. The number of rotatable bonds is 2. The van der Waals surface area contributed by atoms with Gasteiger partial charge in [0.05, 0.1) is 11.9 Å². The van der Waals surface area contributed by atoms with Crippen LogP contribution in [-0.4, -0.2) is 41.0 Å². The molecule has 0 aliphatic carbocycles. The van der Waals surface area contributed by atoms with Crippen LogP contribution in [0.3, 0.4) is 0 Å². The van der Waals surface area contributed by atoms with E-state index in [0.717, 1.165) is 31.7 Å². The summed E-state index contributed by atoms with van der Waals surface area (Å²) >= 11 is 0. The highest BCUT2D eigenvalue weighted by atomic mass is 15.1. The average molecular weight is 207 g/mol. The van der Waals surface area contributed by atoms with Gasteiger partial charge in [-0.05, 0) is 33.0 Å². The lowest BCUT2D eigenvalue weighted by Gasteiger charge is -2.29. The third-order valence-electron chi connectivity index (χ3n) is 2.80. The van der Waals surface area contributed by atoms with Gasteiger partial charge in [0.15, 0.2) is 5.82 Å². The molecule has 2 heterocycles. The van der Waals surface area contributed by atoms with E-state index in [2.05, 4.69) is 27.2 Å². The number of nitrogens with two attached hydrogens (primary N) is 1. The minimum Gasteiger partial charge on any atom is -0.394 e. The first kappa shape index (κ1) is 10.2. The van der Waals surface area contributed by atoms with Crippen molar-refractivity contribution in [2.75, 3.05) is 31.2 Å². The lowest BCUT2D eigenvalue weighted by atomic mass is 10.1. The molecular weight excluding hydrogens is 190 g/mol. The Hall–Kier alpha value is -1.36. The summed E-state index contributed by atoms with van der Waals surface area (Å²) in [4.78, 5) is 10.3. The van der Waals surface area contributed by atoms with Crippen molar-refractivity contribution >= 4 is 11.5 Å². The van der Waals surface area contributed by atoms with Gasteiger partial charge in [0, 0.05) is 6.04 Å². The van der Waals surface area contributed by atoms with Crippen LogP contribution in [0.1, 0.15) is 12.8 Å². The molecule has 15 heavy (non-hydrogen) atoms. The second-order valence-electron chi connectivity index (χ2n) is 4.05. The second kappa shape index (κ2) is 4.44. The highest BCUT2D eigenvalue weighted by Gasteiger charge is 2.17. The Kier molecular flexibility index (Phi) is 3.01. The molecule has 1 saturated heterocycles. The van der Waals surface area contributed by atoms with Crippen LogP contribution < -0.4 is 11.1 Å². The summed E-state index contributed by atoms with van der Waals surface area (Å²) < 4.78 is 0. The molecular formula is C10H17N5. The maximum atomic E-state index is 5.77. The highest BCUT2D eigenvalue weighted by Crippen LogP contribution is 2.17. The standard InChI is InChI=1S/C10H17N5/c1-15-4-2-8(3-5-15)14-10-9(11)6-12-7-13-10/h6-8H,2-5,11H2,1H3,(H,12,13,14). The van der Waals surface area contributed by atoms with Crippen molar-refractivity contribution in [3.05, 3.63) is 12.5 Å². The van der Waals surface area contributed by atoms with E-state index in [9.17, 15) is 0 Å². The molecule has 0 saturated carbocycles. The van der Waals surface area contributed by atoms with E-state index in [1.165, 1.54) is 6.33 Å². The molecule has 0 aromatic carbocycles. The van der Waals surface area contributed by atoms with Gasteiger partial charge in [-0.25, -0.2) is 9.97 Å². The highest BCUT2D eigenvalue weighted by molar-refractivity contribution is 5.59. The number of likely N-dealkylation sites (tertiary alicyclic amines) is 1. The molecule has 0 bridgehead atoms. The predicted octanol–water partition coefficient (Wildman–Crippen LogP) is 0.565. The summed E-state index contributed by atoms with van der Waals surface area (Å²) in [7, 11) is 2.15. The van der Waals surface area contributed by atoms with Gasteiger partial charge in [-0.3, -0.25) is 0 Å². The lowest BCUT2D eigenvalue weighted by molar-refractivity contribution is 0.263. The van der Waals surface area contributed by atoms with E-state index >= 15 is 0 Å². The third-order valence-corrected chi connectivity index (χ3v) is 2.80. The third kappa shape index (κ3) is 2.56. The van der Waals surface area contributed by atoms with Crippen molar-refractivity contribution in [3.8, 4) is 0 Å². The van der Waals surface area contributed by atoms with E-state index in [1.54, 1.807) is 6.20 Å². The van der Waals surface area contributed by atoms with Crippen LogP contribution >= 0.6 is 0 Å². The fraction of sp³-hybridized carbons (Fsp3) is 0.600. The topological polar surface area (TPSA) is 67.1 Å². The van der Waals surface area contributed by atoms with Crippen molar-refractivity contribution < 1.29 is 0 Å². The molecule has 2 rings (SSSR count). The molecule has 5 nitrogen and oxygen atoms in total. The molecule has 0 unspecified atom stereocenters. The fourth-order valence-corrected chi connectivity index (χ4v) is 1.81. The minimum absolute atomic E-state index is 0.485. The quantitative estimate of drug-likeness (QED) is 0.742. The van der Waals surface area contributed by atoms with E-state index in [4.69, 9.17) is 5.73 Å². The van der Waals surface area contributed by atoms with Crippen LogP contribution in [-0.2, 0) is 0 Å². The molecule has 1 aliphatic heterocycles. The zero-order valence-corrected chi connectivity index (χ0v) is 8.98. The molecule has 0 atom stereocenters. The van der Waals surface area contributed by atoms with Gasteiger partial charge in [-0.1, -0.05) is 0 Å². The van der Waals surface area contributed by atoms with Crippen LogP contribution in [0, 0.1) is 0 Å². The Balaban J connectivity index is 1.95. The van der Waals surface area contributed by atoms with Gasteiger partial charge in [-0.2, -0.15) is 0 Å². The van der Waals surface area contributed by atoms with Crippen LogP contribution in [0.2, 0.25) is 0 Å². The zero-order valence-electron chi connectivity index (χ0n) is 8.98. The van der Waals surface area contributed by atoms with Crippen LogP contribution in [0.25, 0.3) is 0 Å². The smallest absolute Gasteiger partial charge is 0.152 e. The summed E-state index contributed by atoms with van der Waals surface area (Å²) in [6, 6.07) is 0.485. The van der Waals surface area contributed by atoms with Gasteiger partial charge in [-0.15, -0.1) is 0 Å². The minimum atomic E-state index is 0.485.